The van der Waals surface area contributed by atoms with Crippen LogP contribution in [0.25, 0.3) is 0 Å². The molecule has 1 rings (SSSR count). The van der Waals surface area contributed by atoms with E-state index in [0.717, 1.165) is 29.2 Å². The monoisotopic (exact) mass is 260 g/mol. The van der Waals surface area contributed by atoms with Crippen LogP contribution in [0.5, 0.6) is 0 Å². The minimum atomic E-state index is 0.656. The van der Waals surface area contributed by atoms with Gasteiger partial charge in [0, 0.05) is 15.9 Å². The van der Waals surface area contributed by atoms with E-state index in [1.807, 2.05) is 12.1 Å². The Kier molecular flexibility index (Phi) is 4.46. The molecule has 0 saturated carbocycles. The lowest BCUT2D eigenvalue weighted by Gasteiger charge is -2.01. The minimum Gasteiger partial charge on any atom is -0.298 e. The van der Waals surface area contributed by atoms with Crippen LogP contribution in [0, 0.1) is 0 Å². The van der Waals surface area contributed by atoms with Crippen LogP contribution in [0.3, 0.4) is 0 Å². The third-order valence-corrected chi connectivity index (χ3v) is 2.44. The third-order valence-electron chi connectivity index (χ3n) is 1.72. The van der Waals surface area contributed by atoms with Crippen LogP contribution in [-0.4, -0.2) is 12.2 Å². The topological polar surface area (TPSA) is 17.1 Å². The molecule has 13 heavy (non-hydrogen) atoms. The zero-order valence-corrected chi connectivity index (χ0v) is 9.44. The summed E-state index contributed by atoms with van der Waals surface area (Å²) < 4.78 is 0.946. The summed E-state index contributed by atoms with van der Waals surface area (Å²) in [5.74, 6) is 0.656. The van der Waals surface area contributed by atoms with Crippen LogP contribution in [0.15, 0.2) is 22.7 Å². The molecule has 1 aromatic rings. The highest BCUT2D eigenvalue weighted by atomic mass is 79.9. The van der Waals surface area contributed by atoms with Gasteiger partial charge in [0.1, 0.15) is 6.29 Å². The van der Waals surface area contributed by atoms with Crippen LogP contribution in [0.2, 0.25) is 0 Å². The van der Waals surface area contributed by atoms with Crippen molar-refractivity contribution < 1.29 is 4.79 Å². The van der Waals surface area contributed by atoms with Crippen molar-refractivity contribution in [3.8, 4) is 0 Å². The molecular weight excluding hydrogens is 251 g/mol. The average Bonchev–Trinajstić information content (AvgIpc) is 2.14. The molecule has 0 saturated heterocycles. The zero-order valence-electron chi connectivity index (χ0n) is 7.09. The van der Waals surface area contributed by atoms with Crippen LogP contribution >= 0.6 is 27.5 Å². The van der Waals surface area contributed by atoms with Gasteiger partial charge in [-0.1, -0.05) is 15.9 Å². The first kappa shape index (κ1) is 10.7. The number of benzene rings is 1. The Morgan fingerprint density at radius 3 is 2.77 bits per heavy atom. The Labute approximate surface area is 91.2 Å². The maximum Gasteiger partial charge on any atom is 0.150 e. The smallest absolute Gasteiger partial charge is 0.150 e. The van der Waals surface area contributed by atoms with Gasteiger partial charge >= 0.3 is 0 Å². The summed E-state index contributed by atoms with van der Waals surface area (Å²) in [7, 11) is 0. The summed E-state index contributed by atoms with van der Waals surface area (Å²) in [6.07, 6.45) is 2.72. The fourth-order valence-electron chi connectivity index (χ4n) is 1.16. The molecule has 0 aromatic heterocycles. The van der Waals surface area contributed by atoms with Crippen molar-refractivity contribution in [1.29, 1.82) is 0 Å². The number of aryl methyl sites for hydroxylation is 1. The molecule has 70 valence electrons. The van der Waals surface area contributed by atoms with Gasteiger partial charge in [-0.3, -0.25) is 4.79 Å². The van der Waals surface area contributed by atoms with Crippen molar-refractivity contribution in [3.05, 3.63) is 33.8 Å². The Hall–Kier alpha value is -0.340. The molecule has 0 radical (unpaired) electrons. The van der Waals surface area contributed by atoms with E-state index in [-0.39, 0.29) is 0 Å². The fraction of sp³-hybridized carbons (Fsp3) is 0.300. The number of alkyl halides is 1. The van der Waals surface area contributed by atoms with Crippen LogP contribution in [-0.2, 0) is 6.42 Å². The number of hydrogen-bond acceptors (Lipinski definition) is 1. The van der Waals surface area contributed by atoms with E-state index >= 15 is 0 Å². The summed E-state index contributed by atoms with van der Waals surface area (Å²) in [6, 6.07) is 5.71. The molecule has 0 aliphatic rings. The largest absolute Gasteiger partial charge is 0.298 e. The van der Waals surface area contributed by atoms with Gasteiger partial charge < -0.3 is 0 Å². The van der Waals surface area contributed by atoms with Crippen molar-refractivity contribution in [1.82, 2.24) is 0 Å². The molecule has 0 atom stereocenters. The summed E-state index contributed by atoms with van der Waals surface area (Å²) in [4.78, 5) is 10.5. The molecular formula is C10H10BrClO. The van der Waals surface area contributed by atoms with Crippen molar-refractivity contribution in [2.45, 2.75) is 12.8 Å². The molecule has 3 heteroatoms. The summed E-state index contributed by atoms with van der Waals surface area (Å²) in [5, 5.41) is 0. The molecule has 0 fully saturated rings. The number of halogens is 2. The molecule has 0 bridgehead atoms. The molecule has 1 nitrogen and oxygen atoms in total. The first-order chi connectivity index (χ1) is 6.26. The third kappa shape index (κ3) is 3.49. The van der Waals surface area contributed by atoms with E-state index in [2.05, 4.69) is 15.9 Å². The van der Waals surface area contributed by atoms with Crippen molar-refractivity contribution in [2.24, 2.45) is 0 Å². The first-order valence-corrected chi connectivity index (χ1v) is 5.39. The van der Waals surface area contributed by atoms with E-state index in [1.54, 1.807) is 6.07 Å². The van der Waals surface area contributed by atoms with E-state index < -0.39 is 0 Å². The van der Waals surface area contributed by atoms with Gasteiger partial charge in [0.25, 0.3) is 0 Å². The second-order valence-corrected chi connectivity index (χ2v) is 4.10. The first-order valence-electron chi connectivity index (χ1n) is 4.07. The maximum atomic E-state index is 10.5. The maximum absolute atomic E-state index is 10.5. The van der Waals surface area contributed by atoms with Gasteiger partial charge in [0.2, 0.25) is 0 Å². The van der Waals surface area contributed by atoms with Gasteiger partial charge in [-0.05, 0) is 36.6 Å². The molecule has 0 amide bonds. The van der Waals surface area contributed by atoms with Gasteiger partial charge in [-0.2, -0.15) is 0 Å². The Morgan fingerprint density at radius 2 is 2.15 bits per heavy atom. The SMILES string of the molecule is O=Cc1cc(Br)cc(CCCCl)c1. The van der Waals surface area contributed by atoms with Crippen molar-refractivity contribution in [3.63, 3.8) is 0 Å². The van der Waals surface area contributed by atoms with Gasteiger partial charge in [0.15, 0.2) is 0 Å². The van der Waals surface area contributed by atoms with Crippen LogP contribution < -0.4 is 0 Å². The standard InChI is InChI=1S/C10H10BrClO/c11-10-5-8(2-1-3-12)4-9(6-10)7-13/h4-7H,1-3H2. The van der Waals surface area contributed by atoms with E-state index in [9.17, 15) is 4.79 Å². The molecule has 1 aromatic carbocycles. The van der Waals surface area contributed by atoms with Gasteiger partial charge in [-0.15, -0.1) is 11.6 Å². The Balaban J connectivity index is 2.81. The number of carbonyl (C=O) groups excluding carboxylic acids is 1. The number of hydrogen-bond donors (Lipinski definition) is 0. The van der Waals surface area contributed by atoms with Crippen LogP contribution in [0.1, 0.15) is 22.3 Å². The lowest BCUT2D eigenvalue weighted by Crippen LogP contribution is -1.89. The number of aldehydes is 1. The quantitative estimate of drug-likeness (QED) is 0.599. The highest BCUT2D eigenvalue weighted by molar-refractivity contribution is 9.10. The molecule has 0 aliphatic carbocycles. The molecule has 0 unspecified atom stereocenters. The second-order valence-electron chi connectivity index (χ2n) is 2.80. The summed E-state index contributed by atoms with van der Waals surface area (Å²) in [6.45, 7) is 0. The highest BCUT2D eigenvalue weighted by Gasteiger charge is 1.98. The van der Waals surface area contributed by atoms with E-state index in [4.69, 9.17) is 11.6 Å². The normalized spacial score (nSPS) is 10.0. The lowest BCUT2D eigenvalue weighted by molar-refractivity contribution is 0.112. The van der Waals surface area contributed by atoms with Gasteiger partial charge in [0.05, 0.1) is 0 Å². The fourth-order valence-corrected chi connectivity index (χ4v) is 1.85. The van der Waals surface area contributed by atoms with E-state index in [1.165, 1.54) is 0 Å². The van der Waals surface area contributed by atoms with Gasteiger partial charge in [-0.25, -0.2) is 0 Å². The van der Waals surface area contributed by atoms with Crippen molar-refractivity contribution >= 4 is 33.8 Å². The zero-order chi connectivity index (χ0) is 9.68. The summed E-state index contributed by atoms with van der Waals surface area (Å²) in [5.41, 5.74) is 1.86. The minimum absolute atomic E-state index is 0.656. The molecule has 0 spiro atoms. The Bertz CT molecular complexity index is 299. The lowest BCUT2D eigenvalue weighted by atomic mass is 10.1. The second kappa shape index (κ2) is 5.40. The summed E-state index contributed by atoms with van der Waals surface area (Å²) >= 11 is 8.94. The highest BCUT2D eigenvalue weighted by Crippen LogP contribution is 2.16. The number of rotatable bonds is 4. The average molecular weight is 262 g/mol. The van der Waals surface area contributed by atoms with Crippen molar-refractivity contribution in [2.75, 3.05) is 5.88 Å². The predicted molar refractivity (Wildman–Crippen MR) is 58.6 cm³/mol. The van der Waals surface area contributed by atoms with Crippen LogP contribution in [0.4, 0.5) is 0 Å². The molecule has 0 aliphatic heterocycles. The Morgan fingerprint density at radius 1 is 1.38 bits per heavy atom. The van der Waals surface area contributed by atoms with E-state index in [0.29, 0.717) is 11.4 Å². The predicted octanol–water partition coefficient (Wildman–Crippen LogP) is 3.43. The number of carbonyl (C=O) groups is 1. The molecule has 0 N–H and O–H groups in total. The molecule has 0 heterocycles.